The van der Waals surface area contributed by atoms with Gasteiger partial charge in [-0.1, -0.05) is 28.3 Å². The Kier molecular flexibility index (Phi) is 3.89. The van der Waals surface area contributed by atoms with Crippen LogP contribution < -0.4 is 5.73 Å². The minimum atomic E-state index is -0.277. The van der Waals surface area contributed by atoms with E-state index in [-0.39, 0.29) is 5.82 Å². The molecule has 2 heterocycles. The van der Waals surface area contributed by atoms with Crippen LogP contribution in [0.1, 0.15) is 11.3 Å². The lowest BCUT2D eigenvalue weighted by Crippen LogP contribution is -1.85. The molecule has 5 nitrogen and oxygen atoms in total. The van der Waals surface area contributed by atoms with E-state index in [0.29, 0.717) is 16.6 Å². The predicted molar refractivity (Wildman–Crippen MR) is 80.5 cm³/mol. The molecule has 108 valence electrons. The maximum atomic E-state index is 12.9. The number of nitrogen functional groups attached to an aromatic ring is 1. The molecule has 21 heavy (non-hydrogen) atoms. The van der Waals surface area contributed by atoms with Crippen LogP contribution in [0.15, 0.2) is 33.1 Å². The fraction of sp³-hybridized carbons (Fsp3) is 0.154. The first kappa shape index (κ1) is 14.0. The second-order valence-electron chi connectivity index (χ2n) is 4.29. The van der Waals surface area contributed by atoms with Crippen molar-refractivity contribution in [1.29, 1.82) is 0 Å². The summed E-state index contributed by atoms with van der Waals surface area (Å²) in [7, 11) is 0. The van der Waals surface area contributed by atoms with E-state index in [4.69, 9.17) is 10.3 Å². The van der Waals surface area contributed by atoms with Gasteiger partial charge < -0.3 is 10.3 Å². The number of rotatable bonds is 4. The number of thioether (sulfide) groups is 1. The van der Waals surface area contributed by atoms with Crippen LogP contribution in [-0.2, 0) is 5.75 Å². The third-order valence-electron chi connectivity index (χ3n) is 2.88. The summed E-state index contributed by atoms with van der Waals surface area (Å²) in [4.78, 5) is 0. The summed E-state index contributed by atoms with van der Waals surface area (Å²) < 4.78 is 19.1. The first-order valence-electron chi connectivity index (χ1n) is 6.06. The Bertz CT molecular complexity index is 754. The van der Waals surface area contributed by atoms with Gasteiger partial charge in [0.25, 0.3) is 0 Å². The van der Waals surface area contributed by atoms with Gasteiger partial charge in [0, 0.05) is 16.9 Å². The van der Waals surface area contributed by atoms with Gasteiger partial charge in [0.15, 0.2) is 10.1 Å². The summed E-state index contributed by atoms with van der Waals surface area (Å²) in [6.07, 6.45) is 0. The van der Waals surface area contributed by atoms with Gasteiger partial charge in [-0.2, -0.15) is 0 Å². The van der Waals surface area contributed by atoms with E-state index in [1.165, 1.54) is 35.2 Å². The van der Waals surface area contributed by atoms with Crippen molar-refractivity contribution in [2.24, 2.45) is 0 Å². The van der Waals surface area contributed by atoms with Crippen LogP contribution in [0.25, 0.3) is 11.3 Å². The van der Waals surface area contributed by atoms with Gasteiger partial charge in [-0.3, -0.25) is 0 Å². The number of hydrogen-bond acceptors (Lipinski definition) is 7. The van der Waals surface area contributed by atoms with Crippen molar-refractivity contribution in [1.82, 2.24) is 15.4 Å². The molecule has 0 spiro atoms. The molecular weight excluding hydrogens is 311 g/mol. The minimum absolute atomic E-state index is 0.277. The quantitative estimate of drug-likeness (QED) is 0.741. The van der Waals surface area contributed by atoms with Crippen LogP contribution in [0, 0.1) is 12.7 Å². The molecule has 2 N–H and O–H groups in total. The minimum Gasteiger partial charge on any atom is -0.374 e. The Labute approximate surface area is 128 Å². The molecule has 0 saturated carbocycles. The largest absolute Gasteiger partial charge is 0.374 e. The van der Waals surface area contributed by atoms with Crippen molar-refractivity contribution in [3.05, 3.63) is 41.3 Å². The molecule has 0 aliphatic carbocycles. The molecule has 0 unspecified atom stereocenters. The monoisotopic (exact) mass is 322 g/mol. The lowest BCUT2D eigenvalue weighted by Gasteiger charge is -1.98. The first-order valence-corrected chi connectivity index (χ1v) is 7.86. The molecule has 0 fully saturated rings. The molecule has 0 atom stereocenters. The molecule has 0 aliphatic rings. The Morgan fingerprint density at radius 1 is 1.29 bits per heavy atom. The molecule has 0 saturated heterocycles. The standard InChI is InChI=1S/C13H11FN4OS2/c1-7-10(6-20-13-17-16-12(15)21-13)18-19-11(7)8-2-4-9(14)5-3-8/h2-5H,6H2,1H3,(H2,15,16). The van der Waals surface area contributed by atoms with Crippen LogP contribution in [-0.4, -0.2) is 15.4 Å². The molecule has 8 heteroatoms. The fourth-order valence-corrected chi connectivity index (χ4v) is 3.42. The molecule has 0 amide bonds. The second-order valence-corrected chi connectivity index (χ2v) is 6.52. The average molecular weight is 322 g/mol. The highest BCUT2D eigenvalue weighted by Gasteiger charge is 2.15. The Hall–Kier alpha value is -1.93. The van der Waals surface area contributed by atoms with Gasteiger partial charge in [0.2, 0.25) is 5.13 Å². The maximum absolute atomic E-state index is 12.9. The van der Waals surface area contributed by atoms with Crippen molar-refractivity contribution in [2.45, 2.75) is 17.0 Å². The van der Waals surface area contributed by atoms with Gasteiger partial charge in [0.1, 0.15) is 5.82 Å². The SMILES string of the molecule is Cc1c(CSc2nnc(N)s2)noc1-c1ccc(F)cc1. The smallest absolute Gasteiger partial charge is 0.203 e. The highest BCUT2D eigenvalue weighted by Crippen LogP contribution is 2.31. The van der Waals surface area contributed by atoms with Crippen molar-refractivity contribution in [3.63, 3.8) is 0 Å². The summed E-state index contributed by atoms with van der Waals surface area (Å²) in [6.45, 7) is 1.93. The zero-order chi connectivity index (χ0) is 14.8. The number of halogens is 1. The topological polar surface area (TPSA) is 77.8 Å². The lowest BCUT2D eigenvalue weighted by molar-refractivity contribution is 0.426. The van der Waals surface area contributed by atoms with Crippen LogP contribution in [0.3, 0.4) is 0 Å². The van der Waals surface area contributed by atoms with Gasteiger partial charge in [-0.05, 0) is 31.2 Å². The van der Waals surface area contributed by atoms with E-state index < -0.39 is 0 Å². The van der Waals surface area contributed by atoms with Crippen LogP contribution in [0.2, 0.25) is 0 Å². The van der Waals surface area contributed by atoms with Gasteiger partial charge in [-0.15, -0.1) is 10.2 Å². The molecule has 3 rings (SSSR count). The van der Waals surface area contributed by atoms with Gasteiger partial charge in [0.05, 0.1) is 5.69 Å². The number of nitrogens with two attached hydrogens (primary N) is 1. The number of hydrogen-bond donors (Lipinski definition) is 1. The molecule has 2 aromatic heterocycles. The van der Waals surface area contributed by atoms with Crippen LogP contribution in [0.5, 0.6) is 0 Å². The zero-order valence-electron chi connectivity index (χ0n) is 11.0. The Balaban J connectivity index is 1.77. The average Bonchev–Trinajstić information content (AvgIpc) is 3.04. The van der Waals surface area contributed by atoms with E-state index in [0.717, 1.165) is 21.2 Å². The van der Waals surface area contributed by atoms with Crippen molar-refractivity contribution < 1.29 is 8.91 Å². The van der Waals surface area contributed by atoms with Crippen molar-refractivity contribution >= 4 is 28.2 Å². The highest BCUT2D eigenvalue weighted by molar-refractivity contribution is 8.00. The summed E-state index contributed by atoms with van der Waals surface area (Å²) in [5.41, 5.74) is 8.10. The van der Waals surface area contributed by atoms with E-state index in [2.05, 4.69) is 15.4 Å². The normalized spacial score (nSPS) is 11.0. The van der Waals surface area contributed by atoms with Crippen molar-refractivity contribution in [3.8, 4) is 11.3 Å². The van der Waals surface area contributed by atoms with Gasteiger partial charge >= 0.3 is 0 Å². The van der Waals surface area contributed by atoms with E-state index in [9.17, 15) is 4.39 Å². The van der Waals surface area contributed by atoms with Crippen molar-refractivity contribution in [2.75, 3.05) is 5.73 Å². The summed E-state index contributed by atoms with van der Waals surface area (Å²) >= 11 is 2.84. The van der Waals surface area contributed by atoms with Gasteiger partial charge in [-0.25, -0.2) is 4.39 Å². The maximum Gasteiger partial charge on any atom is 0.203 e. The fourth-order valence-electron chi connectivity index (χ4n) is 1.78. The van der Waals surface area contributed by atoms with Crippen LogP contribution in [0.4, 0.5) is 9.52 Å². The third kappa shape index (κ3) is 3.06. The molecule has 1 aromatic carbocycles. The molecule has 0 aliphatic heterocycles. The first-order chi connectivity index (χ1) is 10.1. The van der Waals surface area contributed by atoms with E-state index in [1.54, 1.807) is 12.1 Å². The number of nitrogens with zero attached hydrogens (tertiary/aromatic N) is 3. The molecular formula is C13H11FN4OS2. The number of benzene rings is 1. The second kappa shape index (κ2) is 5.82. The third-order valence-corrected chi connectivity index (χ3v) is 4.78. The number of aromatic nitrogens is 3. The summed E-state index contributed by atoms with van der Waals surface area (Å²) in [5.74, 6) is 0.994. The lowest BCUT2D eigenvalue weighted by atomic mass is 10.1. The Morgan fingerprint density at radius 3 is 2.71 bits per heavy atom. The summed E-state index contributed by atoms with van der Waals surface area (Å²) in [5, 5.41) is 12.2. The van der Waals surface area contributed by atoms with Crippen LogP contribution >= 0.6 is 23.1 Å². The van der Waals surface area contributed by atoms with E-state index >= 15 is 0 Å². The number of anilines is 1. The molecule has 3 aromatic rings. The predicted octanol–water partition coefficient (Wildman–Crippen LogP) is 3.52. The van der Waals surface area contributed by atoms with E-state index in [1.807, 2.05) is 6.92 Å². The molecule has 0 bridgehead atoms. The Morgan fingerprint density at radius 2 is 2.05 bits per heavy atom. The zero-order valence-corrected chi connectivity index (χ0v) is 12.7. The molecule has 0 radical (unpaired) electrons. The summed E-state index contributed by atoms with van der Waals surface area (Å²) in [6, 6.07) is 6.14. The highest BCUT2D eigenvalue weighted by atomic mass is 32.2.